The van der Waals surface area contributed by atoms with Crippen molar-refractivity contribution in [3.63, 3.8) is 0 Å². The Kier molecular flexibility index (Phi) is 6.00. The van der Waals surface area contributed by atoms with E-state index in [0.717, 1.165) is 18.2 Å². The van der Waals surface area contributed by atoms with E-state index < -0.39 is 40.5 Å². The third kappa shape index (κ3) is 4.36. The van der Waals surface area contributed by atoms with Crippen LogP contribution in [0.25, 0.3) is 10.9 Å². The van der Waals surface area contributed by atoms with Crippen molar-refractivity contribution >= 4 is 34.4 Å². The zero-order chi connectivity index (χ0) is 23.1. The van der Waals surface area contributed by atoms with Crippen LogP contribution in [0.2, 0.25) is 5.02 Å². The summed E-state index contributed by atoms with van der Waals surface area (Å²) in [5.74, 6) is -3.05. The largest absolute Gasteiger partial charge is 0.478 e. The molecule has 1 heterocycles. The molecule has 164 valence electrons. The molecule has 1 amide bonds. The summed E-state index contributed by atoms with van der Waals surface area (Å²) in [4.78, 5) is 24.2. The highest BCUT2D eigenvalue weighted by Crippen LogP contribution is 2.35. The second-order valence-corrected chi connectivity index (χ2v) is 7.33. The predicted octanol–water partition coefficient (Wildman–Crippen LogP) is 5.49. The predicted molar refractivity (Wildman–Crippen MR) is 107 cm³/mol. The Morgan fingerprint density at radius 2 is 1.87 bits per heavy atom. The first kappa shape index (κ1) is 22.6. The number of aromatic nitrogens is 1. The molecular weight excluding hydrogens is 440 g/mol. The van der Waals surface area contributed by atoms with Crippen LogP contribution in [-0.4, -0.2) is 27.7 Å². The molecule has 10 heteroatoms. The van der Waals surface area contributed by atoms with Gasteiger partial charge in [0.2, 0.25) is 0 Å². The molecule has 0 radical (unpaired) electrons. The molecule has 0 aliphatic heterocycles. The number of carbonyl (C=O) groups is 2. The minimum Gasteiger partial charge on any atom is -0.478 e. The van der Waals surface area contributed by atoms with E-state index in [1.54, 1.807) is 19.9 Å². The van der Waals surface area contributed by atoms with Crippen molar-refractivity contribution in [2.24, 2.45) is 0 Å². The van der Waals surface area contributed by atoms with Crippen molar-refractivity contribution in [1.29, 1.82) is 0 Å². The van der Waals surface area contributed by atoms with Crippen LogP contribution in [0, 0.1) is 12.7 Å². The smallest absolute Gasteiger partial charge is 0.412 e. The number of alkyl halides is 3. The van der Waals surface area contributed by atoms with Crippen molar-refractivity contribution in [2.45, 2.75) is 32.6 Å². The summed E-state index contributed by atoms with van der Waals surface area (Å²) in [6.07, 6.45) is -4.87. The standard InChI is InChI=1S/C21H17ClF4N2O3/c1-3-28-16-6-10(2)13(20(30)31)7-12(16)9-17(28)19(29)27-18(21(24,25)26)11-4-5-15(23)14(22)8-11/h4-9,18H,3H2,1-2H3,(H,27,29)(H,30,31). The van der Waals surface area contributed by atoms with Gasteiger partial charge in [0.25, 0.3) is 5.91 Å². The normalized spacial score (nSPS) is 12.7. The van der Waals surface area contributed by atoms with E-state index in [9.17, 15) is 32.3 Å². The summed E-state index contributed by atoms with van der Waals surface area (Å²) >= 11 is 5.61. The van der Waals surface area contributed by atoms with E-state index in [1.807, 2.05) is 5.32 Å². The molecule has 0 bridgehead atoms. The molecular formula is C21H17ClF4N2O3. The second-order valence-electron chi connectivity index (χ2n) is 6.93. The van der Waals surface area contributed by atoms with Gasteiger partial charge in [-0.05, 0) is 55.3 Å². The summed E-state index contributed by atoms with van der Waals surface area (Å²) < 4.78 is 55.9. The molecule has 5 nitrogen and oxygen atoms in total. The lowest BCUT2D eigenvalue weighted by Crippen LogP contribution is -2.38. The molecule has 31 heavy (non-hydrogen) atoms. The van der Waals surface area contributed by atoms with Gasteiger partial charge in [-0.2, -0.15) is 13.2 Å². The summed E-state index contributed by atoms with van der Waals surface area (Å²) in [5.41, 5.74) is 0.511. The van der Waals surface area contributed by atoms with Crippen molar-refractivity contribution in [2.75, 3.05) is 0 Å². The molecule has 2 N–H and O–H groups in total. The molecule has 3 rings (SSSR count). The zero-order valence-electron chi connectivity index (χ0n) is 16.3. The van der Waals surface area contributed by atoms with Crippen LogP contribution in [0.4, 0.5) is 17.6 Å². The molecule has 0 spiro atoms. The molecule has 1 aromatic heterocycles. The molecule has 3 aromatic rings. The first-order chi connectivity index (χ1) is 14.4. The number of nitrogens with zero attached hydrogens (tertiary/aromatic N) is 1. The van der Waals surface area contributed by atoms with E-state index in [1.165, 1.54) is 16.7 Å². The second kappa shape index (κ2) is 8.22. The van der Waals surface area contributed by atoms with Crippen LogP contribution in [0.3, 0.4) is 0 Å². The minimum atomic E-state index is -4.87. The Balaban J connectivity index is 2.05. The van der Waals surface area contributed by atoms with Gasteiger partial charge in [-0.3, -0.25) is 4.79 Å². The van der Waals surface area contributed by atoms with Crippen LogP contribution in [0.1, 0.15) is 44.9 Å². The van der Waals surface area contributed by atoms with Gasteiger partial charge in [-0.25, -0.2) is 9.18 Å². The minimum absolute atomic E-state index is 0.0295. The average molecular weight is 457 g/mol. The molecule has 0 aliphatic carbocycles. The van der Waals surface area contributed by atoms with E-state index >= 15 is 0 Å². The fraction of sp³-hybridized carbons (Fsp3) is 0.238. The summed E-state index contributed by atoms with van der Waals surface area (Å²) in [5, 5.41) is 11.1. The van der Waals surface area contributed by atoms with Crippen molar-refractivity contribution in [3.05, 3.63) is 69.6 Å². The Morgan fingerprint density at radius 3 is 2.42 bits per heavy atom. The molecule has 0 fully saturated rings. The van der Waals surface area contributed by atoms with Gasteiger partial charge in [-0.1, -0.05) is 17.7 Å². The summed E-state index contributed by atoms with van der Waals surface area (Å²) in [6, 6.07) is 4.37. The Hall–Kier alpha value is -3.07. The van der Waals surface area contributed by atoms with Crippen molar-refractivity contribution in [1.82, 2.24) is 9.88 Å². The highest BCUT2D eigenvalue weighted by atomic mass is 35.5. The highest BCUT2D eigenvalue weighted by Gasteiger charge is 2.42. The van der Waals surface area contributed by atoms with Gasteiger partial charge in [0.1, 0.15) is 11.5 Å². The van der Waals surface area contributed by atoms with Crippen LogP contribution < -0.4 is 5.32 Å². The maximum absolute atomic E-state index is 13.7. The van der Waals surface area contributed by atoms with Crippen LogP contribution in [0.15, 0.2) is 36.4 Å². The summed E-state index contributed by atoms with van der Waals surface area (Å²) in [6.45, 7) is 3.56. The van der Waals surface area contributed by atoms with Crippen LogP contribution >= 0.6 is 11.6 Å². The number of fused-ring (bicyclic) bond motifs is 1. The Labute approximate surface area is 179 Å². The van der Waals surface area contributed by atoms with Gasteiger partial charge >= 0.3 is 12.1 Å². The number of rotatable bonds is 5. The van der Waals surface area contributed by atoms with Gasteiger partial charge in [0, 0.05) is 17.4 Å². The number of hydrogen-bond donors (Lipinski definition) is 2. The van der Waals surface area contributed by atoms with Gasteiger partial charge in [-0.15, -0.1) is 0 Å². The van der Waals surface area contributed by atoms with Gasteiger partial charge in [0.15, 0.2) is 6.04 Å². The number of aromatic carboxylic acids is 1. The van der Waals surface area contributed by atoms with Crippen LogP contribution in [-0.2, 0) is 6.54 Å². The Bertz CT molecular complexity index is 1190. The number of hydrogen-bond acceptors (Lipinski definition) is 2. The van der Waals surface area contributed by atoms with E-state index in [-0.39, 0.29) is 17.8 Å². The fourth-order valence-corrected chi connectivity index (χ4v) is 3.61. The van der Waals surface area contributed by atoms with Gasteiger partial charge in [0.05, 0.1) is 10.6 Å². The van der Waals surface area contributed by atoms with E-state index in [0.29, 0.717) is 16.5 Å². The lowest BCUT2D eigenvalue weighted by atomic mass is 10.1. The first-order valence-corrected chi connectivity index (χ1v) is 9.51. The van der Waals surface area contributed by atoms with Crippen molar-refractivity contribution in [3.8, 4) is 0 Å². The van der Waals surface area contributed by atoms with E-state index in [2.05, 4.69) is 0 Å². The molecule has 1 atom stereocenters. The topological polar surface area (TPSA) is 71.3 Å². The molecule has 0 aliphatic rings. The maximum Gasteiger partial charge on any atom is 0.412 e. The third-order valence-electron chi connectivity index (χ3n) is 4.91. The Morgan fingerprint density at radius 1 is 1.19 bits per heavy atom. The molecule has 0 saturated carbocycles. The molecule has 0 saturated heterocycles. The quantitative estimate of drug-likeness (QED) is 0.498. The lowest BCUT2D eigenvalue weighted by Gasteiger charge is -2.22. The number of carboxylic acids is 1. The lowest BCUT2D eigenvalue weighted by molar-refractivity contribution is -0.155. The molecule has 2 aromatic carbocycles. The number of carbonyl (C=O) groups excluding carboxylic acids is 1. The zero-order valence-corrected chi connectivity index (χ0v) is 17.1. The number of benzene rings is 2. The first-order valence-electron chi connectivity index (χ1n) is 9.13. The SMILES string of the molecule is CCn1c(C(=O)NC(c2ccc(F)c(Cl)c2)C(F)(F)F)cc2cc(C(=O)O)c(C)cc21. The number of carboxylic acid groups (broad SMARTS) is 1. The monoisotopic (exact) mass is 456 g/mol. The third-order valence-corrected chi connectivity index (χ3v) is 5.20. The summed E-state index contributed by atoms with van der Waals surface area (Å²) in [7, 11) is 0. The van der Waals surface area contributed by atoms with E-state index in [4.69, 9.17) is 11.6 Å². The average Bonchev–Trinajstić information content (AvgIpc) is 3.04. The maximum atomic E-state index is 13.7. The van der Waals surface area contributed by atoms with Crippen LogP contribution in [0.5, 0.6) is 0 Å². The molecule has 1 unspecified atom stereocenters. The number of nitrogens with one attached hydrogen (secondary N) is 1. The fourth-order valence-electron chi connectivity index (χ4n) is 3.42. The number of halogens is 5. The number of amides is 1. The van der Waals surface area contributed by atoms with Gasteiger partial charge < -0.3 is 15.0 Å². The van der Waals surface area contributed by atoms with Crippen molar-refractivity contribution < 1.29 is 32.3 Å². The highest BCUT2D eigenvalue weighted by molar-refractivity contribution is 6.30. The number of aryl methyl sites for hydroxylation is 2.